The van der Waals surface area contributed by atoms with Crippen molar-refractivity contribution in [2.45, 2.75) is 38.7 Å². The normalized spacial score (nSPS) is 14.2. The topological polar surface area (TPSA) is 135 Å². The smallest absolute Gasteiger partial charge is 0.238 e. The van der Waals surface area contributed by atoms with Gasteiger partial charge in [-0.3, -0.25) is 4.72 Å². The van der Waals surface area contributed by atoms with Crippen LogP contribution in [-0.4, -0.2) is 56.5 Å². The number of piperidine rings is 1. The van der Waals surface area contributed by atoms with Crippen LogP contribution >= 0.6 is 23.2 Å². The van der Waals surface area contributed by atoms with Crippen molar-refractivity contribution in [3.05, 3.63) is 69.9 Å². The Labute approximate surface area is 262 Å². The Morgan fingerprint density at radius 2 is 1.86 bits per heavy atom. The first-order valence-electron chi connectivity index (χ1n) is 13.7. The van der Waals surface area contributed by atoms with Crippen LogP contribution in [0.1, 0.15) is 48.9 Å². The van der Waals surface area contributed by atoms with Gasteiger partial charge in [-0.15, -0.1) is 11.6 Å². The number of hydrogen-bond donors (Lipinski definition) is 1. The lowest BCUT2D eigenvalue weighted by atomic mass is 9.77. The van der Waals surface area contributed by atoms with E-state index >= 15 is 0 Å². The van der Waals surface area contributed by atoms with Crippen molar-refractivity contribution in [1.82, 2.24) is 9.97 Å². The molecule has 0 bridgehead atoms. The standard InChI is InChI=1S/C30H33Cl2N5O5S/c1-30(2,24-14-21(16-33)27(26(32)15-24)41-13-10-31)23-4-6-25(7-5-23)42-19-22-17-34-29(36-43(3,39)40)35-28(22)37-11-8-20(18-38)9-12-37/h4-7,14-15,17-18,20H,8-13,19H2,1-3H3,(H,34,35,36). The van der Waals surface area contributed by atoms with Crippen molar-refractivity contribution < 1.29 is 22.7 Å². The van der Waals surface area contributed by atoms with Gasteiger partial charge in [0.05, 0.1) is 28.3 Å². The van der Waals surface area contributed by atoms with Crippen LogP contribution in [0.4, 0.5) is 11.8 Å². The van der Waals surface area contributed by atoms with Gasteiger partial charge in [0.2, 0.25) is 16.0 Å². The first-order valence-corrected chi connectivity index (χ1v) is 16.5. The molecule has 2 aromatic carbocycles. The summed E-state index contributed by atoms with van der Waals surface area (Å²) in [6, 6.07) is 13.4. The highest BCUT2D eigenvalue weighted by Gasteiger charge is 2.27. The zero-order valence-corrected chi connectivity index (χ0v) is 26.5. The summed E-state index contributed by atoms with van der Waals surface area (Å²) in [6.07, 6.45) is 4.94. The number of halogens is 2. The Bertz CT molecular complexity index is 1600. The highest BCUT2D eigenvalue weighted by Crippen LogP contribution is 2.38. The average molecular weight is 647 g/mol. The van der Waals surface area contributed by atoms with Gasteiger partial charge in [0, 0.05) is 30.6 Å². The summed E-state index contributed by atoms with van der Waals surface area (Å²) in [7, 11) is -3.56. The van der Waals surface area contributed by atoms with Crippen molar-refractivity contribution in [3.8, 4) is 17.6 Å². The van der Waals surface area contributed by atoms with Gasteiger partial charge in [-0.1, -0.05) is 37.6 Å². The third-order valence-corrected chi connectivity index (χ3v) is 8.32. The molecule has 3 aromatic rings. The van der Waals surface area contributed by atoms with Crippen molar-refractivity contribution >= 4 is 51.3 Å². The molecule has 1 aromatic heterocycles. The molecule has 1 aliphatic rings. The number of benzene rings is 2. The molecule has 1 N–H and O–H groups in total. The van der Waals surface area contributed by atoms with Crippen LogP contribution in [0.5, 0.6) is 11.5 Å². The first-order chi connectivity index (χ1) is 20.4. The highest BCUT2D eigenvalue weighted by atomic mass is 35.5. The molecule has 1 fully saturated rings. The molecule has 0 saturated carbocycles. The number of hydrogen-bond acceptors (Lipinski definition) is 9. The van der Waals surface area contributed by atoms with Crippen LogP contribution in [0.15, 0.2) is 42.6 Å². The average Bonchev–Trinajstić information content (AvgIpc) is 2.99. The van der Waals surface area contributed by atoms with Crippen LogP contribution in [0.3, 0.4) is 0 Å². The third kappa shape index (κ3) is 8.07. The molecule has 0 amide bonds. The fourth-order valence-corrected chi connectivity index (χ4v) is 5.64. The molecule has 43 heavy (non-hydrogen) atoms. The van der Waals surface area contributed by atoms with Crippen LogP contribution in [0, 0.1) is 17.2 Å². The van der Waals surface area contributed by atoms with E-state index in [4.69, 9.17) is 32.7 Å². The van der Waals surface area contributed by atoms with Gasteiger partial charge < -0.3 is 19.2 Å². The minimum atomic E-state index is -3.56. The molecule has 0 spiro atoms. The van der Waals surface area contributed by atoms with E-state index in [-0.39, 0.29) is 31.0 Å². The summed E-state index contributed by atoms with van der Waals surface area (Å²) in [5.74, 6) is 1.76. The SMILES string of the molecule is CC(C)(c1ccc(OCc2cnc(NS(C)(=O)=O)nc2N2CCC(C=O)CC2)cc1)c1cc(Cl)c(OCCCl)c(C#N)c1. The summed E-state index contributed by atoms with van der Waals surface area (Å²) in [5.41, 5.74) is 2.36. The van der Waals surface area contributed by atoms with Gasteiger partial charge in [-0.2, -0.15) is 10.2 Å². The maximum Gasteiger partial charge on any atom is 0.238 e. The Kier molecular flexibility index (Phi) is 10.4. The monoisotopic (exact) mass is 645 g/mol. The number of carbonyl (C=O) groups is 1. The molecular weight excluding hydrogens is 613 g/mol. The lowest BCUT2D eigenvalue weighted by molar-refractivity contribution is -0.111. The number of aldehydes is 1. The maximum atomic E-state index is 11.8. The van der Waals surface area contributed by atoms with Crippen LogP contribution in [-0.2, 0) is 26.8 Å². The number of nitrogens with zero attached hydrogens (tertiary/aromatic N) is 4. The Morgan fingerprint density at radius 1 is 1.16 bits per heavy atom. The number of anilines is 2. The molecule has 1 aliphatic heterocycles. The van der Waals surface area contributed by atoms with E-state index in [9.17, 15) is 18.5 Å². The summed E-state index contributed by atoms with van der Waals surface area (Å²) >= 11 is 12.2. The molecule has 10 nitrogen and oxygen atoms in total. The van der Waals surface area contributed by atoms with E-state index in [2.05, 4.69) is 20.8 Å². The third-order valence-electron chi connectivity index (χ3n) is 7.33. The fraction of sp³-hybridized carbons (Fsp3) is 0.400. The van der Waals surface area contributed by atoms with Crippen LogP contribution in [0.25, 0.3) is 0 Å². The molecule has 0 aliphatic carbocycles. The largest absolute Gasteiger partial charge is 0.489 e. The molecule has 0 atom stereocenters. The number of nitrogens with one attached hydrogen (secondary N) is 1. The lowest BCUT2D eigenvalue weighted by Gasteiger charge is -2.32. The molecule has 13 heteroatoms. The van der Waals surface area contributed by atoms with E-state index in [1.807, 2.05) is 43.0 Å². The van der Waals surface area contributed by atoms with Crippen LogP contribution in [0.2, 0.25) is 5.02 Å². The Balaban J connectivity index is 1.53. The van der Waals surface area contributed by atoms with E-state index in [0.29, 0.717) is 59.4 Å². The van der Waals surface area contributed by atoms with Gasteiger partial charge >= 0.3 is 0 Å². The molecule has 0 unspecified atom stereocenters. The number of carbonyl (C=O) groups excluding carboxylic acids is 1. The second kappa shape index (κ2) is 13.8. The second-order valence-electron chi connectivity index (χ2n) is 10.8. The number of nitriles is 1. The predicted molar refractivity (Wildman–Crippen MR) is 167 cm³/mol. The van der Waals surface area contributed by atoms with E-state index in [0.717, 1.165) is 23.7 Å². The predicted octanol–water partition coefficient (Wildman–Crippen LogP) is 5.31. The van der Waals surface area contributed by atoms with Crippen molar-refractivity contribution in [2.75, 3.05) is 41.5 Å². The summed E-state index contributed by atoms with van der Waals surface area (Å²) in [4.78, 5) is 21.9. The van der Waals surface area contributed by atoms with Gasteiger partial charge in [0.1, 0.15) is 37.1 Å². The maximum absolute atomic E-state index is 11.8. The van der Waals surface area contributed by atoms with Crippen molar-refractivity contribution in [3.63, 3.8) is 0 Å². The zero-order chi connectivity index (χ0) is 31.2. The zero-order valence-electron chi connectivity index (χ0n) is 24.1. The lowest BCUT2D eigenvalue weighted by Crippen LogP contribution is -2.35. The van der Waals surface area contributed by atoms with Crippen molar-refractivity contribution in [1.29, 1.82) is 5.26 Å². The molecule has 1 saturated heterocycles. The Hall–Kier alpha value is -3.59. The van der Waals surface area contributed by atoms with E-state index in [1.54, 1.807) is 18.3 Å². The fourth-order valence-electron chi connectivity index (χ4n) is 4.86. The van der Waals surface area contributed by atoms with Gasteiger partial charge in [0.25, 0.3) is 0 Å². The van der Waals surface area contributed by atoms with E-state index in [1.165, 1.54) is 0 Å². The quantitative estimate of drug-likeness (QED) is 0.205. The number of aromatic nitrogens is 2. The van der Waals surface area contributed by atoms with Gasteiger partial charge in [-0.05, 0) is 48.2 Å². The minimum absolute atomic E-state index is 0.00107. The molecule has 228 valence electrons. The highest BCUT2D eigenvalue weighted by molar-refractivity contribution is 7.91. The number of alkyl halides is 1. The second-order valence-corrected chi connectivity index (χ2v) is 13.3. The number of ether oxygens (including phenoxy) is 2. The Morgan fingerprint density at radius 3 is 2.47 bits per heavy atom. The molecular formula is C30H33Cl2N5O5S. The van der Waals surface area contributed by atoms with Gasteiger partial charge in [-0.25, -0.2) is 13.4 Å². The number of rotatable bonds is 12. The molecule has 2 heterocycles. The minimum Gasteiger partial charge on any atom is -0.489 e. The molecule has 4 rings (SSSR count). The summed E-state index contributed by atoms with van der Waals surface area (Å²) < 4.78 is 37.5. The first kappa shape index (κ1) is 32.3. The van der Waals surface area contributed by atoms with Crippen LogP contribution < -0.4 is 19.1 Å². The number of sulfonamides is 1. The summed E-state index contributed by atoms with van der Waals surface area (Å²) in [5, 5.41) is 10.0. The van der Waals surface area contributed by atoms with Gasteiger partial charge in [0.15, 0.2) is 5.75 Å². The van der Waals surface area contributed by atoms with Crippen molar-refractivity contribution in [2.24, 2.45) is 5.92 Å². The summed E-state index contributed by atoms with van der Waals surface area (Å²) in [6.45, 7) is 5.68. The molecule has 0 radical (unpaired) electrons. The van der Waals surface area contributed by atoms with E-state index < -0.39 is 15.4 Å².